The first kappa shape index (κ1) is 17.2. The molecule has 132 valence electrons. The maximum absolute atomic E-state index is 12.5. The number of rotatable bonds is 3. The number of aromatic amines is 1. The van der Waals surface area contributed by atoms with Gasteiger partial charge in [-0.15, -0.1) is 0 Å². The van der Waals surface area contributed by atoms with Crippen LogP contribution >= 0.6 is 23.2 Å². The van der Waals surface area contributed by atoms with Gasteiger partial charge in [-0.05, 0) is 30.2 Å². The van der Waals surface area contributed by atoms with Crippen molar-refractivity contribution in [2.75, 3.05) is 6.54 Å². The highest BCUT2D eigenvalue weighted by Crippen LogP contribution is 2.28. The van der Waals surface area contributed by atoms with E-state index in [0.717, 1.165) is 28.9 Å². The summed E-state index contributed by atoms with van der Waals surface area (Å²) >= 11 is 12.4. The van der Waals surface area contributed by atoms with Crippen LogP contribution in [0, 0.1) is 0 Å². The topological polar surface area (TPSA) is 61.9 Å². The minimum absolute atomic E-state index is 0.0674. The van der Waals surface area contributed by atoms with E-state index in [4.69, 9.17) is 28.2 Å². The third-order valence-corrected chi connectivity index (χ3v) is 5.39. The molecule has 1 aromatic carbocycles. The Kier molecular flexibility index (Phi) is 4.76. The van der Waals surface area contributed by atoms with Gasteiger partial charge in [-0.1, -0.05) is 35.3 Å². The summed E-state index contributed by atoms with van der Waals surface area (Å²) in [4.78, 5) is 26.3. The zero-order valence-electron chi connectivity index (χ0n) is 13.9. The summed E-state index contributed by atoms with van der Waals surface area (Å²) < 4.78 is 0. The minimum atomic E-state index is -0.0674. The summed E-state index contributed by atoms with van der Waals surface area (Å²) in [7, 11) is 0. The van der Waals surface area contributed by atoms with Gasteiger partial charge in [0.2, 0.25) is 0 Å². The quantitative estimate of drug-likeness (QED) is 0.745. The van der Waals surface area contributed by atoms with Crippen LogP contribution in [-0.2, 0) is 19.5 Å². The average molecular weight is 387 g/mol. The Hall–Kier alpha value is -2.21. The highest BCUT2D eigenvalue weighted by Gasteiger charge is 2.22. The fraction of sp³-hybridized carbons (Fsp3) is 0.211. The number of aromatic nitrogens is 3. The average Bonchev–Trinajstić information content (AvgIpc) is 2.66. The van der Waals surface area contributed by atoms with Crippen molar-refractivity contribution in [1.82, 2.24) is 19.9 Å². The van der Waals surface area contributed by atoms with E-state index in [1.54, 1.807) is 18.5 Å². The van der Waals surface area contributed by atoms with Crippen molar-refractivity contribution in [1.29, 1.82) is 0 Å². The molecule has 0 saturated heterocycles. The molecule has 0 bridgehead atoms. The number of hydrogen-bond donors (Lipinski definition) is 1. The molecular formula is C19H16Cl2N4O. The van der Waals surface area contributed by atoms with Gasteiger partial charge < -0.3 is 4.98 Å². The molecule has 0 atom stereocenters. The number of nitrogens with zero attached hydrogens (tertiary/aromatic N) is 3. The second-order valence-electron chi connectivity index (χ2n) is 6.25. The second kappa shape index (κ2) is 7.19. The van der Waals surface area contributed by atoms with E-state index in [0.29, 0.717) is 35.4 Å². The highest BCUT2D eigenvalue weighted by atomic mass is 35.5. The first-order valence-electron chi connectivity index (χ1n) is 8.29. The maximum atomic E-state index is 12.5. The number of fused-ring (bicyclic) bond motifs is 1. The monoisotopic (exact) mass is 386 g/mol. The van der Waals surface area contributed by atoms with Gasteiger partial charge >= 0.3 is 0 Å². The van der Waals surface area contributed by atoms with Crippen LogP contribution in [0.3, 0.4) is 0 Å². The Morgan fingerprint density at radius 2 is 1.96 bits per heavy atom. The highest BCUT2D eigenvalue weighted by molar-refractivity contribution is 6.42. The Morgan fingerprint density at radius 1 is 1.15 bits per heavy atom. The number of hydrogen-bond acceptors (Lipinski definition) is 4. The van der Waals surface area contributed by atoms with Crippen LogP contribution < -0.4 is 5.56 Å². The molecule has 0 spiro atoms. The van der Waals surface area contributed by atoms with E-state index >= 15 is 0 Å². The van der Waals surface area contributed by atoms with Gasteiger partial charge in [0.1, 0.15) is 5.82 Å². The van der Waals surface area contributed by atoms with Crippen LogP contribution in [0.25, 0.3) is 11.4 Å². The number of pyridine rings is 1. The van der Waals surface area contributed by atoms with E-state index in [1.807, 2.05) is 24.3 Å². The molecule has 7 heteroatoms. The Bertz CT molecular complexity index is 1000. The summed E-state index contributed by atoms with van der Waals surface area (Å²) in [5.41, 5.74) is 3.32. The summed E-state index contributed by atoms with van der Waals surface area (Å²) in [5.74, 6) is 0.568. The molecule has 0 aliphatic carbocycles. The van der Waals surface area contributed by atoms with Crippen molar-refractivity contribution in [2.24, 2.45) is 0 Å². The summed E-state index contributed by atoms with van der Waals surface area (Å²) in [6.45, 7) is 2.04. The van der Waals surface area contributed by atoms with Gasteiger partial charge in [0.15, 0.2) is 0 Å². The molecule has 26 heavy (non-hydrogen) atoms. The van der Waals surface area contributed by atoms with Crippen molar-refractivity contribution in [3.05, 3.63) is 79.9 Å². The fourth-order valence-corrected chi connectivity index (χ4v) is 3.57. The molecule has 0 amide bonds. The molecule has 0 unspecified atom stereocenters. The molecule has 2 aromatic heterocycles. The van der Waals surface area contributed by atoms with E-state index in [2.05, 4.69) is 14.9 Å². The van der Waals surface area contributed by atoms with Crippen molar-refractivity contribution in [3.63, 3.8) is 0 Å². The molecule has 3 heterocycles. The van der Waals surface area contributed by atoms with Gasteiger partial charge in [-0.3, -0.25) is 14.7 Å². The molecule has 4 rings (SSSR count). The van der Waals surface area contributed by atoms with Crippen molar-refractivity contribution < 1.29 is 0 Å². The number of halogens is 2. The van der Waals surface area contributed by atoms with E-state index in [1.165, 1.54) is 0 Å². The maximum Gasteiger partial charge on any atom is 0.254 e. The molecular weight excluding hydrogens is 371 g/mol. The van der Waals surface area contributed by atoms with E-state index in [-0.39, 0.29) is 5.56 Å². The normalized spacial score (nSPS) is 14.2. The van der Waals surface area contributed by atoms with Gasteiger partial charge in [0, 0.05) is 43.2 Å². The van der Waals surface area contributed by atoms with E-state index in [9.17, 15) is 4.79 Å². The fourth-order valence-electron chi connectivity index (χ4n) is 3.19. The summed E-state index contributed by atoms with van der Waals surface area (Å²) in [5, 5.41) is 1.13. The number of H-pyrrole nitrogens is 1. The largest absolute Gasteiger partial charge is 0.306 e. The Labute approximate surface area is 160 Å². The molecule has 1 aliphatic rings. The number of nitrogens with one attached hydrogen (secondary N) is 1. The molecule has 0 radical (unpaired) electrons. The van der Waals surface area contributed by atoms with Crippen LogP contribution in [0.5, 0.6) is 0 Å². The lowest BCUT2D eigenvalue weighted by Crippen LogP contribution is -2.35. The zero-order chi connectivity index (χ0) is 18.1. The summed E-state index contributed by atoms with van der Waals surface area (Å²) in [6.07, 6.45) is 4.02. The molecule has 0 fully saturated rings. The Balaban J connectivity index is 1.63. The third kappa shape index (κ3) is 3.38. The summed E-state index contributed by atoms with van der Waals surface area (Å²) in [6, 6.07) is 9.30. The van der Waals surface area contributed by atoms with Gasteiger partial charge in [-0.25, -0.2) is 4.98 Å². The van der Waals surface area contributed by atoms with Crippen LogP contribution in [0.4, 0.5) is 0 Å². The van der Waals surface area contributed by atoms with Gasteiger partial charge in [0.05, 0.1) is 15.7 Å². The Morgan fingerprint density at radius 3 is 2.77 bits per heavy atom. The first-order chi connectivity index (χ1) is 12.6. The van der Waals surface area contributed by atoms with Gasteiger partial charge in [0.25, 0.3) is 5.56 Å². The van der Waals surface area contributed by atoms with Crippen molar-refractivity contribution in [3.8, 4) is 11.4 Å². The van der Waals surface area contributed by atoms with Crippen molar-refractivity contribution in [2.45, 2.75) is 19.5 Å². The molecule has 5 nitrogen and oxygen atoms in total. The van der Waals surface area contributed by atoms with Crippen LogP contribution in [0.1, 0.15) is 16.8 Å². The molecule has 1 N–H and O–H groups in total. The zero-order valence-corrected chi connectivity index (χ0v) is 15.4. The van der Waals surface area contributed by atoms with Gasteiger partial charge in [-0.2, -0.15) is 0 Å². The lowest BCUT2D eigenvalue weighted by atomic mass is 10.0. The lowest BCUT2D eigenvalue weighted by molar-refractivity contribution is 0.240. The van der Waals surface area contributed by atoms with E-state index < -0.39 is 0 Å². The van der Waals surface area contributed by atoms with Crippen molar-refractivity contribution >= 4 is 23.2 Å². The predicted molar refractivity (Wildman–Crippen MR) is 102 cm³/mol. The first-order valence-corrected chi connectivity index (χ1v) is 9.05. The molecule has 3 aromatic rings. The van der Waals surface area contributed by atoms with Crippen LogP contribution in [0.2, 0.25) is 10.0 Å². The minimum Gasteiger partial charge on any atom is -0.306 e. The SMILES string of the molecule is O=c1[nH]c(-c2ccncc2)nc2c1CCN(Cc1cccc(Cl)c1Cl)C2. The third-order valence-electron chi connectivity index (χ3n) is 4.53. The smallest absolute Gasteiger partial charge is 0.254 e. The molecule has 0 saturated carbocycles. The standard InChI is InChI=1S/C19H16Cl2N4O/c20-15-3-1-2-13(17(15)21)10-25-9-6-14-16(11-25)23-18(24-19(14)26)12-4-7-22-8-5-12/h1-5,7-8H,6,9-11H2,(H,23,24,26). The molecule has 1 aliphatic heterocycles. The van der Waals surface area contributed by atoms with Crippen LogP contribution in [-0.4, -0.2) is 26.4 Å². The lowest BCUT2D eigenvalue weighted by Gasteiger charge is -2.28. The number of benzene rings is 1. The predicted octanol–water partition coefficient (Wildman–Crippen LogP) is 3.70. The second-order valence-corrected chi connectivity index (χ2v) is 7.03. The van der Waals surface area contributed by atoms with Crippen LogP contribution in [0.15, 0.2) is 47.5 Å².